The predicted octanol–water partition coefficient (Wildman–Crippen LogP) is 3.06. The Hall–Kier alpha value is -3.50. The summed E-state index contributed by atoms with van der Waals surface area (Å²) < 4.78 is 5.04. The van der Waals surface area contributed by atoms with Gasteiger partial charge >= 0.3 is 0 Å². The van der Waals surface area contributed by atoms with E-state index in [1.165, 1.54) is 16.7 Å². The van der Waals surface area contributed by atoms with Gasteiger partial charge in [-0.3, -0.25) is 19.4 Å². The van der Waals surface area contributed by atoms with Crippen molar-refractivity contribution < 1.29 is 19.1 Å². The van der Waals surface area contributed by atoms with Gasteiger partial charge in [0.15, 0.2) is 5.17 Å². The molecule has 2 aromatic carbocycles. The number of nitrogens with one attached hydrogen (secondary N) is 2. The van der Waals surface area contributed by atoms with E-state index in [1.54, 1.807) is 7.11 Å². The average Bonchev–Trinajstić information content (AvgIpc) is 3.26. The van der Waals surface area contributed by atoms with Crippen LogP contribution in [-0.4, -0.2) is 71.7 Å². The van der Waals surface area contributed by atoms with Crippen LogP contribution in [0.15, 0.2) is 64.6 Å². The molecule has 2 atom stereocenters. The molecule has 0 radical (unpaired) electrons. The van der Waals surface area contributed by atoms with Crippen molar-refractivity contribution in [2.75, 3.05) is 26.8 Å². The van der Waals surface area contributed by atoms with E-state index in [0.717, 1.165) is 11.1 Å². The molecule has 0 aromatic heterocycles. The van der Waals surface area contributed by atoms with Gasteiger partial charge in [-0.1, -0.05) is 61.2 Å². The van der Waals surface area contributed by atoms with E-state index in [1.807, 2.05) is 61.5 Å². The standard InChI is InChI=1S/C28H33N5O4S/c1-3-23(26(35)30-15-9-17-37-2)38-28-32-21-13-8-7-12-20(21)25-31-22(27(36)33(25)28)18-24(34)29-16-14-19-10-5-4-6-11-19/h4-8,10-13,22-23H,3,9,14-18H2,1-2H3,(H,29,34)(H,30,35)/t22-,23+/m1/s1. The number of ether oxygens (including phenoxy) is 1. The van der Waals surface area contributed by atoms with Crippen molar-refractivity contribution in [3.63, 3.8) is 0 Å². The Kier molecular flexibility index (Phi) is 9.67. The zero-order chi connectivity index (χ0) is 26.9. The average molecular weight is 536 g/mol. The Balaban J connectivity index is 1.45. The van der Waals surface area contributed by atoms with Crippen molar-refractivity contribution in [3.05, 3.63) is 65.7 Å². The Labute approximate surface area is 227 Å². The maximum Gasteiger partial charge on any atom is 0.259 e. The first-order chi connectivity index (χ1) is 18.5. The van der Waals surface area contributed by atoms with Crippen molar-refractivity contribution >= 4 is 46.2 Å². The van der Waals surface area contributed by atoms with E-state index >= 15 is 0 Å². The molecule has 3 amide bonds. The minimum Gasteiger partial charge on any atom is -0.385 e. The summed E-state index contributed by atoms with van der Waals surface area (Å²) in [5.41, 5.74) is 2.54. The number of hydrogen-bond acceptors (Lipinski definition) is 7. The first-order valence-electron chi connectivity index (χ1n) is 12.9. The van der Waals surface area contributed by atoms with E-state index < -0.39 is 11.3 Å². The van der Waals surface area contributed by atoms with E-state index in [4.69, 9.17) is 9.73 Å². The third-order valence-electron chi connectivity index (χ3n) is 6.24. The lowest BCUT2D eigenvalue weighted by atomic mass is 10.1. The highest BCUT2D eigenvalue weighted by Gasteiger charge is 2.43. The summed E-state index contributed by atoms with van der Waals surface area (Å²) in [6.45, 7) is 3.48. The summed E-state index contributed by atoms with van der Waals surface area (Å²) in [6.07, 6.45) is 1.93. The zero-order valence-electron chi connectivity index (χ0n) is 21.7. The van der Waals surface area contributed by atoms with Crippen LogP contribution < -0.4 is 10.6 Å². The van der Waals surface area contributed by atoms with Crippen LogP contribution in [0.25, 0.3) is 0 Å². The summed E-state index contributed by atoms with van der Waals surface area (Å²) >= 11 is 1.24. The number of thioether (sulfide) groups is 1. The van der Waals surface area contributed by atoms with E-state index in [-0.39, 0.29) is 24.1 Å². The minimum atomic E-state index is -0.846. The van der Waals surface area contributed by atoms with Crippen LogP contribution >= 0.6 is 11.8 Å². The second kappa shape index (κ2) is 13.3. The summed E-state index contributed by atoms with van der Waals surface area (Å²) in [5.74, 6) is -0.186. The van der Waals surface area contributed by atoms with Gasteiger partial charge in [-0.2, -0.15) is 0 Å². The second-order valence-electron chi connectivity index (χ2n) is 9.00. The van der Waals surface area contributed by atoms with E-state index in [9.17, 15) is 14.4 Å². The molecule has 0 spiro atoms. The van der Waals surface area contributed by atoms with Crippen LogP contribution in [0, 0.1) is 0 Å². The van der Waals surface area contributed by atoms with Gasteiger partial charge < -0.3 is 15.4 Å². The van der Waals surface area contributed by atoms with Gasteiger partial charge in [0.2, 0.25) is 11.8 Å². The van der Waals surface area contributed by atoms with Crippen molar-refractivity contribution in [2.45, 2.75) is 43.9 Å². The van der Waals surface area contributed by atoms with Crippen molar-refractivity contribution in [1.82, 2.24) is 15.5 Å². The number of amidine groups is 2. The third-order valence-corrected chi connectivity index (χ3v) is 7.56. The number of fused-ring (bicyclic) bond motifs is 3. The number of rotatable bonds is 12. The molecule has 10 heteroatoms. The van der Waals surface area contributed by atoms with Gasteiger partial charge in [-0.15, -0.1) is 0 Å². The number of aliphatic imine (C=N–C) groups is 2. The number of para-hydroxylation sites is 1. The molecule has 2 aliphatic rings. The SMILES string of the molecule is CC[C@H](SC1=Nc2ccccc2C2=N[C@H](CC(=O)NCCc3ccccc3)C(=O)N12)C(=O)NCCCOC. The summed E-state index contributed by atoms with van der Waals surface area (Å²) in [7, 11) is 1.62. The van der Waals surface area contributed by atoms with Gasteiger partial charge in [0, 0.05) is 32.4 Å². The van der Waals surface area contributed by atoms with Gasteiger partial charge in [0.1, 0.15) is 11.9 Å². The number of benzene rings is 2. The van der Waals surface area contributed by atoms with E-state index in [0.29, 0.717) is 55.6 Å². The monoisotopic (exact) mass is 535 g/mol. The second-order valence-corrected chi connectivity index (χ2v) is 10.2. The maximum atomic E-state index is 13.5. The zero-order valence-corrected chi connectivity index (χ0v) is 22.5. The van der Waals surface area contributed by atoms with Crippen LogP contribution in [-0.2, 0) is 25.5 Å². The molecular weight excluding hydrogens is 502 g/mol. The molecule has 0 unspecified atom stereocenters. The van der Waals surface area contributed by atoms with Crippen LogP contribution in [0.4, 0.5) is 5.69 Å². The van der Waals surface area contributed by atoms with Crippen molar-refractivity contribution in [1.29, 1.82) is 0 Å². The normalized spacial score (nSPS) is 16.7. The van der Waals surface area contributed by atoms with Gasteiger partial charge in [-0.05, 0) is 37.0 Å². The number of carbonyl (C=O) groups excluding carboxylic acids is 3. The van der Waals surface area contributed by atoms with Gasteiger partial charge in [-0.25, -0.2) is 9.89 Å². The van der Waals surface area contributed by atoms with Crippen LogP contribution in [0.2, 0.25) is 0 Å². The Bertz CT molecular complexity index is 1220. The molecule has 200 valence electrons. The van der Waals surface area contributed by atoms with E-state index in [2.05, 4.69) is 15.6 Å². The fraction of sp³-hybridized carbons (Fsp3) is 0.393. The highest BCUT2D eigenvalue weighted by molar-refractivity contribution is 8.15. The Morgan fingerprint density at radius 1 is 1.08 bits per heavy atom. The molecule has 0 saturated heterocycles. The minimum absolute atomic E-state index is 0.0507. The molecule has 2 N–H and O–H groups in total. The topological polar surface area (TPSA) is 112 Å². The molecular formula is C28H33N5O4S. The molecule has 2 aliphatic heterocycles. The highest BCUT2D eigenvalue weighted by Crippen LogP contribution is 2.35. The number of amides is 3. The fourth-order valence-electron chi connectivity index (χ4n) is 4.24. The summed E-state index contributed by atoms with van der Waals surface area (Å²) in [4.78, 5) is 49.9. The molecule has 0 aliphatic carbocycles. The molecule has 4 rings (SSSR count). The van der Waals surface area contributed by atoms with Crippen LogP contribution in [0.1, 0.15) is 37.3 Å². The quantitative estimate of drug-likeness (QED) is 0.406. The number of hydrogen-bond donors (Lipinski definition) is 2. The molecule has 0 saturated carbocycles. The molecule has 38 heavy (non-hydrogen) atoms. The molecule has 9 nitrogen and oxygen atoms in total. The largest absolute Gasteiger partial charge is 0.385 e. The van der Waals surface area contributed by atoms with Crippen LogP contribution in [0.5, 0.6) is 0 Å². The molecule has 2 heterocycles. The lowest BCUT2D eigenvalue weighted by Crippen LogP contribution is -2.44. The van der Waals surface area contributed by atoms with Crippen LogP contribution in [0.3, 0.4) is 0 Å². The molecule has 2 aromatic rings. The Morgan fingerprint density at radius 2 is 1.84 bits per heavy atom. The lowest BCUT2D eigenvalue weighted by Gasteiger charge is -2.27. The Morgan fingerprint density at radius 3 is 2.61 bits per heavy atom. The number of carbonyl (C=O) groups is 3. The smallest absolute Gasteiger partial charge is 0.259 e. The fourth-order valence-corrected chi connectivity index (χ4v) is 5.29. The summed E-state index contributed by atoms with van der Waals surface area (Å²) in [6, 6.07) is 16.5. The maximum absolute atomic E-state index is 13.5. The lowest BCUT2D eigenvalue weighted by molar-refractivity contribution is -0.128. The molecule has 0 fully saturated rings. The van der Waals surface area contributed by atoms with Gasteiger partial charge in [0.05, 0.1) is 17.4 Å². The first-order valence-corrected chi connectivity index (χ1v) is 13.7. The first kappa shape index (κ1) is 27.5. The number of nitrogens with zero attached hydrogens (tertiary/aromatic N) is 3. The number of methoxy groups -OCH3 is 1. The molecule has 0 bridgehead atoms. The predicted molar refractivity (Wildman–Crippen MR) is 150 cm³/mol. The summed E-state index contributed by atoms with van der Waals surface area (Å²) in [5, 5.41) is 5.80. The third kappa shape index (κ3) is 6.68. The van der Waals surface area contributed by atoms with Crippen molar-refractivity contribution in [2.24, 2.45) is 9.98 Å². The van der Waals surface area contributed by atoms with Gasteiger partial charge in [0.25, 0.3) is 5.91 Å². The van der Waals surface area contributed by atoms with Crippen molar-refractivity contribution in [3.8, 4) is 0 Å². The highest BCUT2D eigenvalue weighted by atomic mass is 32.2.